The van der Waals surface area contributed by atoms with Crippen LogP contribution in [0.2, 0.25) is 0 Å². The zero-order valence-electron chi connectivity index (χ0n) is 13.2. The van der Waals surface area contributed by atoms with Crippen LogP contribution in [0.3, 0.4) is 0 Å². The van der Waals surface area contributed by atoms with Gasteiger partial charge in [-0.1, -0.05) is 0 Å². The molecular weight excluding hydrogens is 330 g/mol. The zero-order valence-corrected chi connectivity index (χ0v) is 14.0. The Morgan fingerprint density at radius 2 is 1.96 bits per heavy atom. The van der Waals surface area contributed by atoms with Crippen LogP contribution in [0.1, 0.15) is 24.3 Å². The van der Waals surface area contributed by atoms with Gasteiger partial charge >= 0.3 is 5.97 Å². The Morgan fingerprint density at radius 3 is 2.50 bits per heavy atom. The molecule has 1 amide bonds. The van der Waals surface area contributed by atoms with Gasteiger partial charge in [-0.15, -0.1) is 11.3 Å². The van der Waals surface area contributed by atoms with Crippen LogP contribution in [0, 0.1) is 0 Å². The molecule has 8 heteroatoms. The van der Waals surface area contributed by atoms with E-state index in [2.05, 4.69) is 15.6 Å². The monoisotopic (exact) mass is 347 g/mol. The number of amides is 1. The highest BCUT2D eigenvalue weighted by molar-refractivity contribution is 7.13. The highest BCUT2D eigenvalue weighted by atomic mass is 32.1. The molecule has 0 aliphatic carbocycles. The number of nitrogens with one attached hydrogen (secondary N) is 2. The third kappa shape index (κ3) is 4.24. The lowest BCUT2D eigenvalue weighted by atomic mass is 10.0. The fourth-order valence-electron chi connectivity index (χ4n) is 1.87. The molecule has 0 aliphatic rings. The Morgan fingerprint density at radius 1 is 1.29 bits per heavy atom. The lowest BCUT2D eigenvalue weighted by Crippen LogP contribution is -2.50. The average Bonchev–Trinajstić information content (AvgIpc) is 3.04. The lowest BCUT2D eigenvalue weighted by Gasteiger charge is -2.24. The van der Waals surface area contributed by atoms with Crippen molar-refractivity contribution >= 4 is 35.2 Å². The van der Waals surface area contributed by atoms with Gasteiger partial charge in [-0.05, 0) is 38.1 Å². The Balaban J connectivity index is 2.07. The summed E-state index contributed by atoms with van der Waals surface area (Å²) in [6.07, 6.45) is 0.698. The average molecular weight is 347 g/mol. The van der Waals surface area contributed by atoms with Gasteiger partial charge < -0.3 is 15.2 Å². The van der Waals surface area contributed by atoms with Crippen molar-refractivity contribution in [3.8, 4) is 10.6 Å². The molecule has 0 radical (unpaired) electrons. The van der Waals surface area contributed by atoms with Crippen LogP contribution in [0.4, 0.5) is 5.69 Å². The number of hydrogen-bond donors (Lipinski definition) is 3. The van der Waals surface area contributed by atoms with Gasteiger partial charge in [-0.2, -0.15) is 0 Å². The Bertz CT molecular complexity index is 753. The molecule has 7 nitrogen and oxygen atoms in total. The molecule has 0 fully saturated rings. The second-order valence-corrected chi connectivity index (χ2v) is 6.41. The lowest BCUT2D eigenvalue weighted by molar-refractivity contribution is -0.121. The first kappa shape index (κ1) is 17.8. The molecule has 1 aromatic heterocycles. The number of thiazole rings is 1. The first-order valence-electron chi connectivity index (χ1n) is 7.13. The summed E-state index contributed by atoms with van der Waals surface area (Å²) in [6.45, 7) is 3.46. The number of carboxylic acids is 1. The molecular formula is C16H17N3O4S. The minimum atomic E-state index is -1.06. The standard InChI is InChI=1S/C16H17N3O4S/c1-16(2,17-7-8-20)15(23)18-11-5-3-10(4-6-11)13-19-12(9-24-13)14(21)22/h3-6,8-9,17H,7H2,1-2H3,(H,18,23)(H,21,22). The van der Waals surface area contributed by atoms with Crippen molar-refractivity contribution in [2.24, 2.45) is 0 Å². The van der Waals surface area contributed by atoms with Crippen molar-refractivity contribution in [2.45, 2.75) is 19.4 Å². The number of aromatic nitrogens is 1. The van der Waals surface area contributed by atoms with Gasteiger partial charge in [0, 0.05) is 16.6 Å². The normalized spacial score (nSPS) is 11.1. The van der Waals surface area contributed by atoms with Gasteiger partial charge in [0.1, 0.15) is 11.3 Å². The van der Waals surface area contributed by atoms with Gasteiger partial charge in [0.15, 0.2) is 5.69 Å². The summed E-state index contributed by atoms with van der Waals surface area (Å²) in [5, 5.41) is 16.6. The van der Waals surface area contributed by atoms with E-state index in [0.29, 0.717) is 17.0 Å². The number of rotatable bonds is 7. The molecule has 0 aliphatic heterocycles. The van der Waals surface area contributed by atoms with Crippen LogP contribution < -0.4 is 10.6 Å². The number of carbonyl (C=O) groups excluding carboxylic acids is 2. The molecule has 1 aromatic carbocycles. The molecule has 126 valence electrons. The number of carboxylic acid groups (broad SMARTS) is 1. The molecule has 0 saturated heterocycles. The molecule has 24 heavy (non-hydrogen) atoms. The van der Waals surface area contributed by atoms with Crippen molar-refractivity contribution < 1.29 is 19.5 Å². The van der Waals surface area contributed by atoms with Crippen LogP contribution in [0.5, 0.6) is 0 Å². The van der Waals surface area contributed by atoms with Crippen molar-refractivity contribution in [1.82, 2.24) is 10.3 Å². The SMILES string of the molecule is CC(C)(NCC=O)C(=O)Nc1ccc(-c2nc(C(=O)O)cs2)cc1. The second-order valence-electron chi connectivity index (χ2n) is 5.55. The van der Waals surface area contributed by atoms with Crippen LogP contribution in [-0.4, -0.2) is 40.3 Å². The second kappa shape index (κ2) is 7.33. The van der Waals surface area contributed by atoms with Gasteiger partial charge in [0.05, 0.1) is 12.1 Å². The van der Waals surface area contributed by atoms with Crippen molar-refractivity contribution in [3.63, 3.8) is 0 Å². The fourth-order valence-corrected chi connectivity index (χ4v) is 2.67. The zero-order chi connectivity index (χ0) is 17.7. The largest absolute Gasteiger partial charge is 0.476 e. The Kier molecular flexibility index (Phi) is 5.42. The van der Waals surface area contributed by atoms with E-state index in [9.17, 15) is 14.4 Å². The van der Waals surface area contributed by atoms with Crippen LogP contribution in [-0.2, 0) is 9.59 Å². The van der Waals surface area contributed by atoms with E-state index in [0.717, 1.165) is 5.56 Å². The summed E-state index contributed by atoms with van der Waals surface area (Å²) in [5.41, 5.74) is 0.490. The minimum absolute atomic E-state index is 0.00961. The first-order valence-corrected chi connectivity index (χ1v) is 8.01. The minimum Gasteiger partial charge on any atom is -0.476 e. The highest BCUT2D eigenvalue weighted by Gasteiger charge is 2.26. The maximum Gasteiger partial charge on any atom is 0.355 e. The maximum atomic E-state index is 12.2. The van der Waals surface area contributed by atoms with E-state index >= 15 is 0 Å². The molecule has 2 rings (SSSR count). The van der Waals surface area contributed by atoms with Crippen molar-refractivity contribution in [3.05, 3.63) is 35.3 Å². The predicted octanol–water partition coefficient (Wildman–Crippen LogP) is 2.01. The summed E-state index contributed by atoms with van der Waals surface area (Å²) in [6, 6.07) is 6.94. The van der Waals surface area contributed by atoms with Crippen molar-refractivity contribution in [2.75, 3.05) is 11.9 Å². The molecule has 1 heterocycles. The van der Waals surface area contributed by atoms with Gasteiger partial charge in [-0.25, -0.2) is 9.78 Å². The van der Waals surface area contributed by atoms with Crippen LogP contribution in [0.25, 0.3) is 10.6 Å². The number of aldehydes is 1. The van der Waals surface area contributed by atoms with Gasteiger partial charge in [0.2, 0.25) is 5.91 Å². The summed E-state index contributed by atoms with van der Waals surface area (Å²) in [7, 11) is 0. The Labute approximate surface area is 142 Å². The molecule has 0 atom stereocenters. The van der Waals surface area contributed by atoms with Gasteiger partial charge in [-0.3, -0.25) is 10.1 Å². The van der Waals surface area contributed by atoms with Gasteiger partial charge in [0.25, 0.3) is 0 Å². The van der Waals surface area contributed by atoms with Crippen LogP contribution >= 0.6 is 11.3 Å². The molecule has 3 N–H and O–H groups in total. The third-order valence-corrected chi connectivity index (χ3v) is 4.20. The number of nitrogens with zero attached hydrogens (tertiary/aromatic N) is 1. The number of carbonyl (C=O) groups is 3. The van der Waals surface area contributed by atoms with E-state index < -0.39 is 11.5 Å². The summed E-state index contributed by atoms with van der Waals surface area (Å²) < 4.78 is 0. The van der Waals surface area contributed by atoms with E-state index in [-0.39, 0.29) is 18.1 Å². The van der Waals surface area contributed by atoms with E-state index in [1.54, 1.807) is 38.1 Å². The topological polar surface area (TPSA) is 108 Å². The number of aromatic carboxylic acids is 1. The molecule has 0 unspecified atom stereocenters. The molecule has 0 spiro atoms. The van der Waals surface area contributed by atoms with E-state index in [4.69, 9.17) is 5.11 Å². The number of benzene rings is 1. The fraction of sp³-hybridized carbons (Fsp3) is 0.250. The molecule has 0 bridgehead atoms. The Hall–Kier alpha value is -2.58. The molecule has 0 saturated carbocycles. The smallest absolute Gasteiger partial charge is 0.355 e. The van der Waals surface area contributed by atoms with Crippen LogP contribution in [0.15, 0.2) is 29.6 Å². The van der Waals surface area contributed by atoms with Crippen molar-refractivity contribution in [1.29, 1.82) is 0 Å². The van der Waals surface area contributed by atoms with E-state index in [1.807, 2.05) is 0 Å². The predicted molar refractivity (Wildman–Crippen MR) is 91.3 cm³/mol. The third-order valence-electron chi connectivity index (χ3n) is 3.31. The summed E-state index contributed by atoms with van der Waals surface area (Å²) in [5.74, 6) is -1.33. The van der Waals surface area contributed by atoms with E-state index in [1.165, 1.54) is 16.7 Å². The number of anilines is 1. The molecule has 2 aromatic rings. The highest BCUT2D eigenvalue weighted by Crippen LogP contribution is 2.25. The quantitative estimate of drug-likeness (QED) is 0.661. The number of hydrogen-bond acceptors (Lipinski definition) is 6. The first-order chi connectivity index (χ1) is 11.3. The summed E-state index contributed by atoms with van der Waals surface area (Å²) in [4.78, 5) is 37.5. The maximum absolute atomic E-state index is 12.2. The summed E-state index contributed by atoms with van der Waals surface area (Å²) >= 11 is 1.24.